The molecule has 1 aromatic heterocycles. The third-order valence-electron chi connectivity index (χ3n) is 4.61. The van der Waals surface area contributed by atoms with E-state index in [9.17, 15) is 4.79 Å². The van der Waals surface area contributed by atoms with E-state index < -0.39 is 5.60 Å². The Balaban J connectivity index is 1.67. The van der Waals surface area contributed by atoms with Gasteiger partial charge in [-0.25, -0.2) is 4.98 Å². The van der Waals surface area contributed by atoms with Crippen LogP contribution in [0.2, 0.25) is 0 Å². The first kappa shape index (κ1) is 18.4. The summed E-state index contributed by atoms with van der Waals surface area (Å²) < 4.78 is 19.2. The summed E-state index contributed by atoms with van der Waals surface area (Å²) in [5.41, 5.74) is -0.702. The van der Waals surface area contributed by atoms with Gasteiger partial charge >= 0.3 is 0 Å². The number of carbonyl (C=O) groups is 1. The van der Waals surface area contributed by atoms with Crippen molar-refractivity contribution in [1.29, 1.82) is 0 Å². The first-order chi connectivity index (χ1) is 12.6. The van der Waals surface area contributed by atoms with Gasteiger partial charge < -0.3 is 23.7 Å². The number of imidazole rings is 1. The van der Waals surface area contributed by atoms with Crippen LogP contribution in [0.3, 0.4) is 0 Å². The Hall–Kier alpha value is -2.38. The molecule has 1 aliphatic rings. The zero-order valence-corrected chi connectivity index (χ0v) is 15.3. The molecule has 0 radical (unpaired) electrons. The lowest BCUT2D eigenvalue weighted by atomic mass is 10.1. The van der Waals surface area contributed by atoms with Crippen LogP contribution in [0, 0.1) is 6.92 Å². The monoisotopic (exact) mass is 359 g/mol. The van der Waals surface area contributed by atoms with E-state index in [-0.39, 0.29) is 12.5 Å². The average Bonchev–Trinajstić information content (AvgIpc) is 2.94. The zero-order chi connectivity index (χ0) is 18.4. The SMILES string of the molecule is CO[C@]1(COc2ccccc2)COCCN(C(=O)Cn2ccnc2C)C1. The van der Waals surface area contributed by atoms with Gasteiger partial charge in [0.25, 0.3) is 0 Å². The summed E-state index contributed by atoms with van der Waals surface area (Å²) in [6.07, 6.45) is 3.50. The second-order valence-corrected chi connectivity index (χ2v) is 6.46. The minimum Gasteiger partial charge on any atom is -0.490 e. The van der Waals surface area contributed by atoms with Gasteiger partial charge in [-0.15, -0.1) is 0 Å². The second kappa shape index (κ2) is 8.33. The van der Waals surface area contributed by atoms with E-state index in [2.05, 4.69) is 4.98 Å². The summed E-state index contributed by atoms with van der Waals surface area (Å²) >= 11 is 0. The lowest BCUT2D eigenvalue weighted by Crippen LogP contribution is -2.52. The van der Waals surface area contributed by atoms with E-state index in [4.69, 9.17) is 14.2 Å². The van der Waals surface area contributed by atoms with Gasteiger partial charge in [0.1, 0.15) is 30.3 Å². The van der Waals surface area contributed by atoms with Crippen LogP contribution in [0.25, 0.3) is 0 Å². The van der Waals surface area contributed by atoms with E-state index in [1.54, 1.807) is 18.2 Å². The molecule has 0 bridgehead atoms. The van der Waals surface area contributed by atoms with Crippen LogP contribution < -0.4 is 4.74 Å². The highest BCUT2D eigenvalue weighted by Gasteiger charge is 2.37. The zero-order valence-electron chi connectivity index (χ0n) is 15.3. The van der Waals surface area contributed by atoms with Crippen molar-refractivity contribution in [3.05, 3.63) is 48.5 Å². The number of hydrogen-bond donors (Lipinski definition) is 0. The fourth-order valence-electron chi connectivity index (χ4n) is 2.94. The number of aromatic nitrogens is 2. The molecular formula is C19H25N3O4. The fraction of sp³-hybridized carbons (Fsp3) is 0.474. The molecular weight excluding hydrogens is 334 g/mol. The first-order valence-corrected chi connectivity index (χ1v) is 8.68. The van der Waals surface area contributed by atoms with Crippen molar-refractivity contribution in [2.24, 2.45) is 0 Å². The molecule has 1 atom stereocenters. The largest absolute Gasteiger partial charge is 0.490 e. The predicted molar refractivity (Wildman–Crippen MR) is 96.0 cm³/mol. The Morgan fingerprint density at radius 1 is 1.35 bits per heavy atom. The number of rotatable bonds is 6. The van der Waals surface area contributed by atoms with Gasteiger partial charge in [-0.3, -0.25) is 4.79 Å². The molecule has 7 heteroatoms. The number of aryl methyl sites for hydroxylation is 1. The maximum atomic E-state index is 12.8. The molecule has 1 aromatic carbocycles. The van der Waals surface area contributed by atoms with Gasteiger partial charge in [0.15, 0.2) is 0 Å². The Morgan fingerprint density at radius 3 is 2.85 bits per heavy atom. The van der Waals surface area contributed by atoms with Crippen molar-refractivity contribution < 1.29 is 19.0 Å². The molecule has 1 amide bonds. The smallest absolute Gasteiger partial charge is 0.242 e. The van der Waals surface area contributed by atoms with Crippen LogP contribution in [-0.2, 0) is 20.8 Å². The van der Waals surface area contributed by atoms with Crippen molar-refractivity contribution in [3.8, 4) is 5.75 Å². The molecule has 1 aliphatic heterocycles. The van der Waals surface area contributed by atoms with Gasteiger partial charge in [-0.2, -0.15) is 0 Å². The van der Waals surface area contributed by atoms with Gasteiger partial charge in [-0.05, 0) is 19.1 Å². The molecule has 0 saturated carbocycles. The summed E-state index contributed by atoms with van der Waals surface area (Å²) in [6, 6.07) is 9.56. The minimum atomic E-state index is -0.702. The third kappa shape index (κ3) is 4.42. The number of hydrogen-bond acceptors (Lipinski definition) is 5. The molecule has 2 aromatic rings. The van der Waals surface area contributed by atoms with Gasteiger partial charge in [-0.1, -0.05) is 18.2 Å². The van der Waals surface area contributed by atoms with E-state index in [1.807, 2.05) is 48.0 Å². The van der Waals surface area contributed by atoms with Crippen LogP contribution in [0.5, 0.6) is 5.75 Å². The molecule has 140 valence electrons. The summed E-state index contributed by atoms with van der Waals surface area (Å²) in [5, 5.41) is 0. The van der Waals surface area contributed by atoms with Crippen LogP contribution in [0.4, 0.5) is 0 Å². The number of methoxy groups -OCH3 is 1. The van der Waals surface area contributed by atoms with Crippen LogP contribution in [0.1, 0.15) is 5.82 Å². The minimum absolute atomic E-state index is 0.0118. The molecule has 0 spiro atoms. The third-order valence-corrected chi connectivity index (χ3v) is 4.61. The van der Waals surface area contributed by atoms with Crippen molar-refractivity contribution in [2.75, 3.05) is 40.0 Å². The van der Waals surface area contributed by atoms with Gasteiger partial charge in [0.05, 0.1) is 19.8 Å². The molecule has 1 fully saturated rings. The maximum absolute atomic E-state index is 12.8. The Kier molecular flexibility index (Phi) is 5.90. The van der Waals surface area contributed by atoms with Gasteiger partial charge in [0, 0.05) is 26.0 Å². The number of benzene rings is 1. The number of para-hydroxylation sites is 1. The van der Waals surface area contributed by atoms with Crippen LogP contribution in [-0.4, -0.2) is 66.0 Å². The Bertz CT molecular complexity index is 719. The molecule has 0 aliphatic carbocycles. The molecule has 3 rings (SSSR count). The number of amides is 1. The Labute approximate surface area is 153 Å². The molecule has 0 N–H and O–H groups in total. The van der Waals surface area contributed by atoms with E-state index >= 15 is 0 Å². The fourth-order valence-corrected chi connectivity index (χ4v) is 2.94. The summed E-state index contributed by atoms with van der Waals surface area (Å²) in [4.78, 5) is 18.7. The summed E-state index contributed by atoms with van der Waals surface area (Å²) in [6.45, 7) is 4.25. The van der Waals surface area contributed by atoms with Crippen molar-refractivity contribution >= 4 is 5.91 Å². The summed E-state index contributed by atoms with van der Waals surface area (Å²) in [7, 11) is 1.63. The highest BCUT2D eigenvalue weighted by Crippen LogP contribution is 2.20. The predicted octanol–water partition coefficient (Wildman–Crippen LogP) is 1.51. The lowest BCUT2D eigenvalue weighted by Gasteiger charge is -2.34. The number of carbonyl (C=O) groups excluding carboxylic acids is 1. The highest BCUT2D eigenvalue weighted by molar-refractivity contribution is 5.76. The van der Waals surface area contributed by atoms with Crippen molar-refractivity contribution in [2.45, 2.75) is 19.1 Å². The maximum Gasteiger partial charge on any atom is 0.242 e. The Morgan fingerprint density at radius 2 is 2.15 bits per heavy atom. The van der Waals surface area contributed by atoms with Crippen LogP contribution >= 0.6 is 0 Å². The quantitative estimate of drug-likeness (QED) is 0.782. The standard InChI is InChI=1S/C19H25N3O4/c1-16-20-8-9-21(16)12-18(23)22-10-11-25-14-19(13-22,24-2)15-26-17-6-4-3-5-7-17/h3-9H,10-15H2,1-2H3/t19-/m0/s1. The van der Waals surface area contributed by atoms with Gasteiger partial charge in [0.2, 0.25) is 5.91 Å². The van der Waals surface area contributed by atoms with E-state index in [0.717, 1.165) is 11.6 Å². The topological polar surface area (TPSA) is 65.8 Å². The highest BCUT2D eigenvalue weighted by atomic mass is 16.6. The molecule has 7 nitrogen and oxygen atoms in total. The first-order valence-electron chi connectivity index (χ1n) is 8.68. The molecule has 1 saturated heterocycles. The van der Waals surface area contributed by atoms with Crippen molar-refractivity contribution in [1.82, 2.24) is 14.5 Å². The van der Waals surface area contributed by atoms with Crippen LogP contribution in [0.15, 0.2) is 42.7 Å². The van der Waals surface area contributed by atoms with E-state index in [0.29, 0.717) is 32.9 Å². The normalized spacial score (nSPS) is 20.6. The lowest BCUT2D eigenvalue weighted by molar-refractivity contribution is -0.137. The molecule has 0 unspecified atom stereocenters. The number of ether oxygens (including phenoxy) is 3. The van der Waals surface area contributed by atoms with E-state index in [1.165, 1.54) is 0 Å². The molecule has 26 heavy (non-hydrogen) atoms. The molecule has 2 heterocycles. The summed E-state index contributed by atoms with van der Waals surface area (Å²) in [5.74, 6) is 1.59. The van der Waals surface area contributed by atoms with Crippen molar-refractivity contribution in [3.63, 3.8) is 0 Å². The second-order valence-electron chi connectivity index (χ2n) is 6.46. The number of nitrogens with zero attached hydrogens (tertiary/aromatic N) is 3. The average molecular weight is 359 g/mol.